The third kappa shape index (κ3) is 3.66. The van der Waals surface area contributed by atoms with Gasteiger partial charge in [-0.15, -0.1) is 0 Å². The van der Waals surface area contributed by atoms with Gasteiger partial charge in [-0.1, -0.05) is 6.07 Å². The number of aliphatic hydroxyl groups excluding tert-OH is 1. The minimum Gasteiger partial charge on any atom is -0.396 e. The van der Waals surface area contributed by atoms with Crippen LogP contribution in [-0.2, 0) is 0 Å². The second-order valence-electron chi connectivity index (χ2n) is 3.99. The lowest BCUT2D eigenvalue weighted by Crippen LogP contribution is -2.24. The number of hydrogen-bond donors (Lipinski definition) is 2. The summed E-state index contributed by atoms with van der Waals surface area (Å²) in [5.74, 6) is -0.0407. The molecule has 3 heteroatoms. The van der Waals surface area contributed by atoms with Crippen LogP contribution in [0.1, 0.15) is 34.3 Å². The molecule has 0 radical (unpaired) electrons. The normalized spacial score (nSPS) is 10.2. The van der Waals surface area contributed by atoms with Gasteiger partial charge < -0.3 is 10.4 Å². The van der Waals surface area contributed by atoms with Crippen LogP contribution in [0.15, 0.2) is 18.2 Å². The smallest absolute Gasteiger partial charge is 0.251 e. The third-order valence-electron chi connectivity index (χ3n) is 2.64. The molecule has 0 spiro atoms. The van der Waals surface area contributed by atoms with Crippen molar-refractivity contribution >= 4 is 5.91 Å². The summed E-state index contributed by atoms with van der Waals surface area (Å²) in [5.41, 5.74) is 3.02. The number of benzene rings is 1. The Labute approximate surface area is 96.5 Å². The first-order valence-corrected chi connectivity index (χ1v) is 5.61. The van der Waals surface area contributed by atoms with Gasteiger partial charge in [-0.2, -0.15) is 0 Å². The Kier molecular flexibility index (Phi) is 4.99. The number of amides is 1. The molecule has 1 rings (SSSR count). The molecule has 0 aliphatic carbocycles. The Morgan fingerprint density at radius 3 is 2.62 bits per heavy atom. The van der Waals surface area contributed by atoms with Crippen LogP contribution in [0.5, 0.6) is 0 Å². The summed E-state index contributed by atoms with van der Waals surface area (Å²) in [6.07, 6.45) is 1.54. The van der Waals surface area contributed by atoms with E-state index in [-0.39, 0.29) is 12.5 Å². The molecule has 0 saturated carbocycles. The molecule has 3 nitrogen and oxygen atoms in total. The van der Waals surface area contributed by atoms with Crippen LogP contribution in [0, 0.1) is 13.8 Å². The fourth-order valence-electron chi connectivity index (χ4n) is 1.42. The highest BCUT2D eigenvalue weighted by molar-refractivity contribution is 5.94. The minimum absolute atomic E-state index is 0.0407. The van der Waals surface area contributed by atoms with E-state index in [1.54, 1.807) is 0 Å². The summed E-state index contributed by atoms with van der Waals surface area (Å²) < 4.78 is 0. The van der Waals surface area contributed by atoms with Crippen LogP contribution >= 0.6 is 0 Å². The summed E-state index contributed by atoms with van der Waals surface area (Å²) >= 11 is 0. The van der Waals surface area contributed by atoms with Crippen molar-refractivity contribution in [2.75, 3.05) is 13.2 Å². The fourth-order valence-corrected chi connectivity index (χ4v) is 1.42. The van der Waals surface area contributed by atoms with E-state index >= 15 is 0 Å². The highest BCUT2D eigenvalue weighted by atomic mass is 16.2. The molecule has 0 fully saturated rings. The number of aryl methyl sites for hydroxylation is 2. The van der Waals surface area contributed by atoms with Gasteiger partial charge in [0.1, 0.15) is 0 Å². The van der Waals surface area contributed by atoms with Crippen LogP contribution in [0.2, 0.25) is 0 Å². The van der Waals surface area contributed by atoms with Gasteiger partial charge in [0.05, 0.1) is 0 Å². The van der Waals surface area contributed by atoms with Crippen LogP contribution in [-0.4, -0.2) is 24.2 Å². The summed E-state index contributed by atoms with van der Waals surface area (Å²) in [7, 11) is 0. The van der Waals surface area contributed by atoms with E-state index < -0.39 is 0 Å². The minimum atomic E-state index is -0.0407. The van der Waals surface area contributed by atoms with Gasteiger partial charge in [-0.25, -0.2) is 0 Å². The quantitative estimate of drug-likeness (QED) is 0.745. The van der Waals surface area contributed by atoms with E-state index in [0.29, 0.717) is 12.1 Å². The van der Waals surface area contributed by atoms with Crippen molar-refractivity contribution in [2.45, 2.75) is 26.7 Å². The number of aliphatic hydroxyl groups is 1. The summed E-state index contributed by atoms with van der Waals surface area (Å²) in [6.45, 7) is 4.82. The average molecular weight is 221 g/mol. The van der Waals surface area contributed by atoms with Crippen molar-refractivity contribution in [3.8, 4) is 0 Å². The van der Waals surface area contributed by atoms with Gasteiger partial charge in [0, 0.05) is 18.7 Å². The predicted octanol–water partition coefficient (Wildman–Crippen LogP) is 1.81. The maximum atomic E-state index is 11.7. The van der Waals surface area contributed by atoms with Crippen LogP contribution in [0.4, 0.5) is 0 Å². The molecule has 0 heterocycles. The van der Waals surface area contributed by atoms with Gasteiger partial charge in [0.15, 0.2) is 0 Å². The highest BCUT2D eigenvalue weighted by Gasteiger charge is 2.05. The zero-order chi connectivity index (χ0) is 12.0. The number of rotatable bonds is 5. The van der Waals surface area contributed by atoms with Crippen molar-refractivity contribution in [3.05, 3.63) is 34.9 Å². The average Bonchev–Trinajstić information content (AvgIpc) is 2.28. The number of carbonyl (C=O) groups is 1. The molecule has 0 bridgehead atoms. The first-order chi connectivity index (χ1) is 7.65. The Hall–Kier alpha value is -1.35. The van der Waals surface area contributed by atoms with Gasteiger partial charge >= 0.3 is 0 Å². The zero-order valence-corrected chi connectivity index (χ0v) is 9.92. The summed E-state index contributed by atoms with van der Waals surface area (Å²) in [5, 5.41) is 11.4. The number of unbranched alkanes of at least 4 members (excludes halogenated alkanes) is 1. The number of carbonyl (C=O) groups excluding carboxylic acids is 1. The maximum Gasteiger partial charge on any atom is 0.251 e. The molecule has 0 unspecified atom stereocenters. The Bertz CT molecular complexity index is 361. The molecule has 1 aromatic rings. The fraction of sp³-hybridized carbons (Fsp3) is 0.462. The van der Waals surface area contributed by atoms with Crippen molar-refractivity contribution in [3.63, 3.8) is 0 Å². The predicted molar refractivity (Wildman–Crippen MR) is 64.6 cm³/mol. The van der Waals surface area contributed by atoms with Crippen molar-refractivity contribution in [2.24, 2.45) is 0 Å². The molecule has 0 atom stereocenters. The van der Waals surface area contributed by atoms with E-state index in [2.05, 4.69) is 5.32 Å². The van der Waals surface area contributed by atoms with Crippen molar-refractivity contribution < 1.29 is 9.90 Å². The van der Waals surface area contributed by atoms with Crippen molar-refractivity contribution in [1.29, 1.82) is 0 Å². The molecule has 0 saturated heterocycles. The summed E-state index contributed by atoms with van der Waals surface area (Å²) in [4.78, 5) is 11.7. The maximum absolute atomic E-state index is 11.7. The molecule has 88 valence electrons. The molecule has 1 amide bonds. The zero-order valence-electron chi connectivity index (χ0n) is 9.92. The van der Waals surface area contributed by atoms with E-state index in [1.807, 2.05) is 32.0 Å². The number of hydrogen-bond acceptors (Lipinski definition) is 2. The first-order valence-electron chi connectivity index (χ1n) is 5.61. The van der Waals surface area contributed by atoms with E-state index in [9.17, 15) is 4.79 Å². The second-order valence-corrected chi connectivity index (χ2v) is 3.99. The van der Waals surface area contributed by atoms with Crippen LogP contribution in [0.25, 0.3) is 0 Å². The Morgan fingerprint density at radius 2 is 2.00 bits per heavy atom. The lowest BCUT2D eigenvalue weighted by atomic mass is 10.1. The second kappa shape index (κ2) is 6.28. The Balaban J connectivity index is 2.50. The monoisotopic (exact) mass is 221 g/mol. The molecule has 0 aliphatic rings. The van der Waals surface area contributed by atoms with Crippen LogP contribution in [0.3, 0.4) is 0 Å². The van der Waals surface area contributed by atoms with Gasteiger partial charge in [-0.05, 0) is 49.9 Å². The van der Waals surface area contributed by atoms with E-state index in [4.69, 9.17) is 5.11 Å². The largest absolute Gasteiger partial charge is 0.396 e. The van der Waals surface area contributed by atoms with Gasteiger partial charge in [-0.3, -0.25) is 4.79 Å². The van der Waals surface area contributed by atoms with Gasteiger partial charge in [0.2, 0.25) is 0 Å². The lowest BCUT2D eigenvalue weighted by Gasteiger charge is -2.06. The molecule has 16 heavy (non-hydrogen) atoms. The molecule has 0 aromatic heterocycles. The summed E-state index contributed by atoms with van der Waals surface area (Å²) in [6, 6.07) is 5.69. The highest BCUT2D eigenvalue weighted by Crippen LogP contribution is 2.09. The number of nitrogens with one attached hydrogen (secondary N) is 1. The SMILES string of the molecule is Cc1ccc(C(=O)NCCCCO)cc1C. The standard InChI is InChI=1S/C13H19NO2/c1-10-5-6-12(9-11(10)2)13(16)14-7-3-4-8-15/h5-6,9,15H,3-4,7-8H2,1-2H3,(H,14,16). The Morgan fingerprint density at radius 1 is 1.25 bits per heavy atom. The van der Waals surface area contributed by atoms with Crippen LogP contribution < -0.4 is 5.32 Å². The lowest BCUT2D eigenvalue weighted by molar-refractivity contribution is 0.0952. The molecule has 2 N–H and O–H groups in total. The van der Waals surface area contributed by atoms with E-state index in [1.165, 1.54) is 5.56 Å². The molecular weight excluding hydrogens is 202 g/mol. The topological polar surface area (TPSA) is 49.3 Å². The molecule has 1 aromatic carbocycles. The molecular formula is C13H19NO2. The first kappa shape index (κ1) is 12.7. The van der Waals surface area contributed by atoms with Gasteiger partial charge in [0.25, 0.3) is 5.91 Å². The molecule has 0 aliphatic heterocycles. The van der Waals surface area contributed by atoms with Crippen molar-refractivity contribution in [1.82, 2.24) is 5.32 Å². The van der Waals surface area contributed by atoms with E-state index in [0.717, 1.165) is 18.4 Å². The third-order valence-corrected chi connectivity index (χ3v) is 2.64.